The summed E-state index contributed by atoms with van der Waals surface area (Å²) < 4.78 is 56.3. The third-order valence-electron chi connectivity index (χ3n) is 12.7. The van der Waals surface area contributed by atoms with Gasteiger partial charge in [0.15, 0.2) is 18.9 Å². The molecule has 0 saturated carbocycles. The second kappa shape index (κ2) is 23.7. The van der Waals surface area contributed by atoms with E-state index in [1.54, 1.807) is 39.8 Å². The van der Waals surface area contributed by atoms with Crippen LogP contribution in [0.15, 0.2) is 24.3 Å². The standard InChI is InChI=1S/C45H76N2O15/c1-25-22-31(20-21-48)41(62-44-39(51)38(47(10)11)40(28(4)58-44)61-37-24-45(7,53)43(52)29(5)57-37)42(54-12)34(59-30(6)49)23-35(50)55-26(2)16-14-13-15-17-33(25)60-36-19-18-32(46(8)9)27(3)56-36/h13-15,17,21,25-29,31-34,36-44,51-53H,16,18-20,22-24H2,1-12H3/t25-,26-,27-,28+,29+,31+,32+,33+,34-,36-,37+,38+,39+,40+,41+,42+,43+,44-,45-/m1/s1. The molecule has 356 valence electrons. The molecule has 62 heavy (non-hydrogen) atoms. The van der Waals surface area contributed by atoms with Crippen LogP contribution in [0.25, 0.3) is 0 Å². The summed E-state index contributed by atoms with van der Waals surface area (Å²) in [6.07, 6.45) is -1.81. The number of hydrogen-bond donors (Lipinski definition) is 3. The minimum Gasteiger partial charge on any atom is -0.462 e. The number of aliphatic hydroxyl groups is 3. The first kappa shape index (κ1) is 52.2. The minimum absolute atomic E-state index is 0.0293. The van der Waals surface area contributed by atoms with Crippen LogP contribution in [0.5, 0.6) is 0 Å². The fourth-order valence-corrected chi connectivity index (χ4v) is 9.40. The van der Waals surface area contributed by atoms with Crippen LogP contribution in [0.1, 0.15) is 93.4 Å². The van der Waals surface area contributed by atoms with Crippen molar-refractivity contribution in [1.82, 2.24) is 9.80 Å². The molecular formula is C45H76N2O15. The largest absolute Gasteiger partial charge is 0.462 e. The van der Waals surface area contributed by atoms with Crippen molar-refractivity contribution in [3.63, 3.8) is 0 Å². The SMILES string of the molecule is CO[C@@H]1[C@@H](O[C@H]2O[C@@H](C)[C@H](O[C@H]3C[C@@](C)(O)[C@@H](O)[C@H](C)O3)[C@@H](N(C)C)[C@@H]2O)[C@@H](CC=O)C[C@@H](C)[C@@H](O[C@@H]2CC[C@H](N(C)C)[C@@H](C)O2)C=CC=CC[C@@H](C)OC(=O)C[C@H]1OC(C)=O. The molecule has 4 rings (SSSR count). The monoisotopic (exact) mass is 885 g/mol. The van der Waals surface area contributed by atoms with Gasteiger partial charge < -0.3 is 72.5 Å². The Kier molecular flexibility index (Phi) is 20.0. The Hall–Kier alpha value is -2.39. The topological polar surface area (TPSA) is 201 Å². The van der Waals surface area contributed by atoms with Crippen LogP contribution in [0.4, 0.5) is 0 Å². The summed E-state index contributed by atoms with van der Waals surface area (Å²) in [7, 11) is 9.02. The summed E-state index contributed by atoms with van der Waals surface area (Å²) in [4.78, 5) is 42.7. The van der Waals surface area contributed by atoms with E-state index in [0.29, 0.717) is 19.3 Å². The van der Waals surface area contributed by atoms with Crippen molar-refractivity contribution < 1.29 is 72.3 Å². The maximum atomic E-state index is 13.4. The van der Waals surface area contributed by atoms with E-state index in [9.17, 15) is 29.7 Å². The van der Waals surface area contributed by atoms with Crippen molar-refractivity contribution in [2.75, 3.05) is 35.3 Å². The Morgan fingerprint density at radius 3 is 2.19 bits per heavy atom. The Morgan fingerprint density at radius 1 is 0.903 bits per heavy atom. The van der Waals surface area contributed by atoms with E-state index < -0.39 is 109 Å². The smallest absolute Gasteiger partial charge is 0.309 e. The van der Waals surface area contributed by atoms with E-state index >= 15 is 0 Å². The zero-order valence-corrected chi connectivity index (χ0v) is 38.9. The highest BCUT2D eigenvalue weighted by atomic mass is 16.7. The number of esters is 2. The molecule has 3 N–H and O–H groups in total. The maximum absolute atomic E-state index is 13.4. The van der Waals surface area contributed by atoms with Gasteiger partial charge in [0, 0.05) is 39.3 Å². The van der Waals surface area contributed by atoms with Gasteiger partial charge in [0.05, 0.1) is 48.6 Å². The van der Waals surface area contributed by atoms with Crippen LogP contribution >= 0.6 is 0 Å². The molecule has 17 nitrogen and oxygen atoms in total. The van der Waals surface area contributed by atoms with Gasteiger partial charge in [-0.1, -0.05) is 31.2 Å². The van der Waals surface area contributed by atoms with E-state index in [4.69, 9.17) is 42.6 Å². The maximum Gasteiger partial charge on any atom is 0.309 e. The van der Waals surface area contributed by atoms with E-state index in [2.05, 4.69) is 4.90 Å². The van der Waals surface area contributed by atoms with Gasteiger partial charge in [-0.05, 0) is 93.9 Å². The quantitative estimate of drug-likeness (QED) is 0.191. The Labute approximate surface area is 368 Å². The number of allylic oxidation sites excluding steroid dienone is 2. The summed E-state index contributed by atoms with van der Waals surface area (Å²) in [6.45, 7) is 12.0. The third-order valence-corrected chi connectivity index (χ3v) is 12.7. The zero-order valence-electron chi connectivity index (χ0n) is 38.9. The molecule has 0 unspecified atom stereocenters. The lowest BCUT2D eigenvalue weighted by Gasteiger charge is -2.50. The van der Waals surface area contributed by atoms with Crippen LogP contribution in [-0.4, -0.2) is 182 Å². The molecule has 4 aliphatic heterocycles. The number of rotatable bonds is 12. The highest BCUT2D eigenvalue weighted by molar-refractivity contribution is 5.72. The van der Waals surface area contributed by atoms with Crippen molar-refractivity contribution in [1.29, 1.82) is 0 Å². The molecule has 0 aromatic heterocycles. The molecule has 0 radical (unpaired) electrons. The highest BCUT2D eigenvalue weighted by Gasteiger charge is 2.52. The fourth-order valence-electron chi connectivity index (χ4n) is 9.40. The van der Waals surface area contributed by atoms with Gasteiger partial charge in [0.1, 0.15) is 42.9 Å². The lowest BCUT2D eigenvalue weighted by Crippen LogP contribution is -2.65. The van der Waals surface area contributed by atoms with E-state index in [1.165, 1.54) is 21.0 Å². The second-order valence-electron chi connectivity index (χ2n) is 18.4. The number of cyclic esters (lactones) is 1. The van der Waals surface area contributed by atoms with E-state index in [-0.39, 0.29) is 37.3 Å². The summed E-state index contributed by atoms with van der Waals surface area (Å²) in [6, 6.07) is -0.509. The Bertz CT molecular complexity index is 1480. The van der Waals surface area contributed by atoms with Gasteiger partial charge in [-0.2, -0.15) is 0 Å². The van der Waals surface area contributed by atoms with Gasteiger partial charge in [-0.25, -0.2) is 0 Å². The minimum atomic E-state index is -1.49. The van der Waals surface area contributed by atoms with Crippen molar-refractivity contribution in [2.24, 2.45) is 11.8 Å². The molecule has 0 spiro atoms. The van der Waals surface area contributed by atoms with Crippen LogP contribution < -0.4 is 0 Å². The highest BCUT2D eigenvalue weighted by Crippen LogP contribution is 2.38. The molecule has 17 heteroatoms. The number of hydrogen-bond acceptors (Lipinski definition) is 17. The molecule has 0 amide bonds. The molecule has 4 aliphatic rings. The number of methoxy groups -OCH3 is 1. The van der Waals surface area contributed by atoms with Crippen molar-refractivity contribution in [2.45, 2.75) is 197 Å². The van der Waals surface area contributed by atoms with Crippen molar-refractivity contribution in [3.8, 4) is 0 Å². The number of likely N-dealkylation sites (N-methyl/N-ethyl adjacent to an activating group) is 2. The predicted molar refractivity (Wildman–Crippen MR) is 226 cm³/mol. The van der Waals surface area contributed by atoms with Crippen LogP contribution in [0, 0.1) is 11.8 Å². The first-order valence-corrected chi connectivity index (χ1v) is 22.2. The molecule has 4 heterocycles. The summed E-state index contributed by atoms with van der Waals surface area (Å²) in [5, 5.41) is 33.6. The molecule has 3 saturated heterocycles. The lowest BCUT2D eigenvalue weighted by molar-refractivity contribution is -0.344. The fraction of sp³-hybridized carbons (Fsp3) is 0.844. The summed E-state index contributed by atoms with van der Waals surface area (Å²) in [5.74, 6) is -2.21. The number of aldehydes is 1. The van der Waals surface area contributed by atoms with E-state index in [0.717, 1.165) is 12.7 Å². The van der Waals surface area contributed by atoms with Gasteiger partial charge >= 0.3 is 11.9 Å². The zero-order chi connectivity index (χ0) is 46.1. The van der Waals surface area contributed by atoms with Gasteiger partial charge in [-0.15, -0.1) is 0 Å². The first-order valence-electron chi connectivity index (χ1n) is 22.2. The molecule has 3 fully saturated rings. The number of aliphatic hydroxyl groups excluding tert-OH is 2. The molecule has 19 atom stereocenters. The normalized spacial score (nSPS) is 43.0. The Morgan fingerprint density at radius 2 is 1.60 bits per heavy atom. The number of nitrogens with zero attached hydrogens (tertiary/aromatic N) is 2. The average Bonchev–Trinajstić information content (AvgIpc) is 3.16. The average molecular weight is 885 g/mol. The summed E-state index contributed by atoms with van der Waals surface area (Å²) >= 11 is 0. The molecule has 0 aromatic carbocycles. The third kappa shape index (κ3) is 14.1. The first-order chi connectivity index (χ1) is 29.2. The van der Waals surface area contributed by atoms with Gasteiger partial charge in [0.25, 0.3) is 0 Å². The molecule has 0 bridgehead atoms. The van der Waals surface area contributed by atoms with Crippen molar-refractivity contribution in [3.05, 3.63) is 24.3 Å². The lowest BCUT2D eigenvalue weighted by atomic mass is 9.82. The number of ether oxygens (including phenoxy) is 9. The number of carbonyl (C=O) groups is 3. The second-order valence-corrected chi connectivity index (χ2v) is 18.4. The summed E-state index contributed by atoms with van der Waals surface area (Å²) in [5.41, 5.74) is -1.49. The predicted octanol–water partition coefficient (Wildman–Crippen LogP) is 2.90. The van der Waals surface area contributed by atoms with Crippen LogP contribution in [0.3, 0.4) is 0 Å². The molecular weight excluding hydrogens is 808 g/mol. The molecule has 0 aliphatic carbocycles. The van der Waals surface area contributed by atoms with Crippen LogP contribution in [0.2, 0.25) is 0 Å². The van der Waals surface area contributed by atoms with Gasteiger partial charge in [-0.3, -0.25) is 9.59 Å². The van der Waals surface area contributed by atoms with Crippen molar-refractivity contribution >= 4 is 18.2 Å². The number of carbonyl (C=O) groups excluding carboxylic acids is 3. The Balaban J connectivity index is 1.73. The van der Waals surface area contributed by atoms with Crippen LogP contribution in [-0.2, 0) is 57.0 Å². The van der Waals surface area contributed by atoms with Gasteiger partial charge in [0.2, 0.25) is 0 Å². The molecule has 0 aromatic rings. The van der Waals surface area contributed by atoms with E-state index in [1.807, 2.05) is 52.2 Å².